The van der Waals surface area contributed by atoms with Gasteiger partial charge in [0.25, 0.3) is 0 Å². The van der Waals surface area contributed by atoms with E-state index in [0.29, 0.717) is 0 Å². The average molecular weight is 204 g/mol. The fraction of sp³-hybridized carbons (Fsp3) is 0.273. The van der Waals surface area contributed by atoms with Gasteiger partial charge in [-0.1, -0.05) is 12.1 Å². The van der Waals surface area contributed by atoms with Crippen LogP contribution >= 0.6 is 0 Å². The van der Waals surface area contributed by atoms with E-state index < -0.39 is 0 Å². The molecule has 1 aromatic heterocycles. The first kappa shape index (κ1) is 8.76. The third-order valence-corrected chi connectivity index (χ3v) is 2.61. The van der Waals surface area contributed by atoms with E-state index in [4.69, 9.17) is 15.0 Å². The van der Waals surface area contributed by atoms with Crippen molar-refractivity contribution < 1.29 is 9.15 Å². The fourth-order valence-electron chi connectivity index (χ4n) is 1.78. The monoisotopic (exact) mass is 204 g/mol. The molecule has 0 saturated carbocycles. The molecule has 1 aliphatic heterocycles. The first-order valence-electron chi connectivity index (χ1n) is 4.95. The van der Waals surface area contributed by atoms with E-state index in [0.717, 1.165) is 29.8 Å². The van der Waals surface area contributed by atoms with Crippen molar-refractivity contribution in [2.45, 2.75) is 6.10 Å². The maximum absolute atomic E-state index is 5.78. The number of rotatable bonds is 2. The summed E-state index contributed by atoms with van der Waals surface area (Å²) >= 11 is 0. The number of ether oxygens (including phenoxy) is 1. The molecule has 4 heteroatoms. The summed E-state index contributed by atoms with van der Waals surface area (Å²) in [7, 11) is 0. The van der Waals surface area contributed by atoms with Crippen LogP contribution in [0.15, 0.2) is 34.9 Å². The van der Waals surface area contributed by atoms with Crippen LogP contribution in [-0.4, -0.2) is 24.2 Å². The minimum Gasteiger partial charge on any atom is -0.484 e. The van der Waals surface area contributed by atoms with E-state index in [9.17, 15) is 0 Å². The molecular weight excluding hydrogens is 192 g/mol. The highest BCUT2D eigenvalue weighted by molar-refractivity contribution is 5.82. The summed E-state index contributed by atoms with van der Waals surface area (Å²) < 4.78 is 11.2. The molecule has 4 nitrogen and oxygen atoms in total. The van der Waals surface area contributed by atoms with E-state index >= 15 is 0 Å². The first-order chi connectivity index (χ1) is 7.33. The summed E-state index contributed by atoms with van der Waals surface area (Å²) in [6.07, 6.45) is 1.86. The van der Waals surface area contributed by atoms with Crippen LogP contribution < -0.4 is 10.6 Å². The lowest BCUT2D eigenvalue weighted by Crippen LogP contribution is -2.57. The molecule has 0 radical (unpaired) electrons. The zero-order valence-electron chi connectivity index (χ0n) is 8.22. The molecule has 1 aromatic carbocycles. The Balaban J connectivity index is 1.87. The van der Waals surface area contributed by atoms with Crippen molar-refractivity contribution in [1.82, 2.24) is 5.01 Å². The van der Waals surface area contributed by atoms with Gasteiger partial charge in [0.2, 0.25) is 0 Å². The Morgan fingerprint density at radius 3 is 3.00 bits per heavy atom. The number of fused-ring (bicyclic) bond motifs is 1. The number of furan rings is 1. The van der Waals surface area contributed by atoms with Gasteiger partial charge in [-0.3, -0.25) is 5.84 Å². The molecular formula is C11H12N2O2. The Labute approximate surface area is 87.2 Å². The topological polar surface area (TPSA) is 51.6 Å². The van der Waals surface area contributed by atoms with E-state index in [1.54, 1.807) is 11.3 Å². The summed E-state index contributed by atoms with van der Waals surface area (Å²) in [5, 5.41) is 2.80. The van der Waals surface area contributed by atoms with Crippen LogP contribution in [0.3, 0.4) is 0 Å². The molecule has 0 spiro atoms. The fourth-order valence-corrected chi connectivity index (χ4v) is 1.78. The van der Waals surface area contributed by atoms with Crippen molar-refractivity contribution in [3.05, 3.63) is 30.5 Å². The molecule has 0 bridgehead atoms. The molecule has 2 heterocycles. The highest BCUT2D eigenvalue weighted by Crippen LogP contribution is 2.28. The average Bonchev–Trinajstić information content (AvgIpc) is 2.64. The molecule has 0 unspecified atom stereocenters. The Morgan fingerprint density at radius 1 is 1.33 bits per heavy atom. The van der Waals surface area contributed by atoms with Crippen LogP contribution in [0.25, 0.3) is 11.0 Å². The zero-order chi connectivity index (χ0) is 10.3. The molecule has 1 saturated heterocycles. The van der Waals surface area contributed by atoms with Crippen LogP contribution in [-0.2, 0) is 0 Å². The Bertz CT molecular complexity index is 474. The van der Waals surface area contributed by atoms with E-state index in [1.807, 2.05) is 24.3 Å². The molecule has 1 aliphatic rings. The smallest absolute Gasteiger partial charge is 0.175 e. The number of hydrogen-bond donors (Lipinski definition) is 1. The van der Waals surface area contributed by atoms with Crippen LogP contribution in [0.1, 0.15) is 0 Å². The van der Waals surface area contributed by atoms with Crippen molar-refractivity contribution in [2.75, 3.05) is 13.1 Å². The Hall–Kier alpha value is -1.52. The molecule has 1 fully saturated rings. The second-order valence-electron chi connectivity index (χ2n) is 3.79. The van der Waals surface area contributed by atoms with Gasteiger partial charge in [-0.2, -0.15) is 0 Å². The highest BCUT2D eigenvalue weighted by Gasteiger charge is 2.26. The summed E-state index contributed by atoms with van der Waals surface area (Å²) in [6, 6.07) is 7.82. The number of para-hydroxylation sites is 1. The lowest BCUT2D eigenvalue weighted by molar-refractivity contribution is 0.0201. The quantitative estimate of drug-likeness (QED) is 0.750. The molecule has 78 valence electrons. The minimum absolute atomic E-state index is 0.186. The van der Waals surface area contributed by atoms with Crippen LogP contribution in [0.4, 0.5) is 0 Å². The van der Waals surface area contributed by atoms with Crippen molar-refractivity contribution in [3.63, 3.8) is 0 Å². The first-order valence-corrected chi connectivity index (χ1v) is 4.95. The molecule has 0 aliphatic carbocycles. The molecule has 0 amide bonds. The van der Waals surface area contributed by atoms with Gasteiger partial charge in [0.05, 0.1) is 19.4 Å². The minimum atomic E-state index is 0.186. The van der Waals surface area contributed by atoms with Crippen molar-refractivity contribution >= 4 is 11.0 Å². The maximum atomic E-state index is 5.78. The lowest BCUT2D eigenvalue weighted by Gasteiger charge is -2.35. The Kier molecular flexibility index (Phi) is 1.90. The van der Waals surface area contributed by atoms with Gasteiger partial charge in [0.15, 0.2) is 11.3 Å². The summed E-state index contributed by atoms with van der Waals surface area (Å²) in [5.74, 6) is 6.35. The van der Waals surface area contributed by atoms with Crippen LogP contribution in [0.5, 0.6) is 5.75 Å². The van der Waals surface area contributed by atoms with Gasteiger partial charge in [0, 0.05) is 5.39 Å². The molecule has 2 aromatic rings. The number of hydrogen-bond acceptors (Lipinski definition) is 4. The maximum Gasteiger partial charge on any atom is 0.175 e. The van der Waals surface area contributed by atoms with Gasteiger partial charge < -0.3 is 9.15 Å². The highest BCUT2D eigenvalue weighted by atomic mass is 16.5. The number of benzene rings is 1. The van der Waals surface area contributed by atoms with Crippen LogP contribution in [0, 0.1) is 0 Å². The Morgan fingerprint density at radius 2 is 2.20 bits per heavy atom. The van der Waals surface area contributed by atoms with Crippen molar-refractivity contribution in [1.29, 1.82) is 0 Å². The number of hydrazine groups is 1. The summed E-state index contributed by atoms with van der Waals surface area (Å²) in [4.78, 5) is 0. The molecule has 0 atom stereocenters. The van der Waals surface area contributed by atoms with Gasteiger partial charge in [-0.05, 0) is 12.1 Å². The van der Waals surface area contributed by atoms with Crippen molar-refractivity contribution in [2.24, 2.45) is 5.84 Å². The molecule has 2 N–H and O–H groups in total. The zero-order valence-corrected chi connectivity index (χ0v) is 8.22. The second-order valence-corrected chi connectivity index (χ2v) is 3.79. The van der Waals surface area contributed by atoms with Gasteiger partial charge in [-0.25, -0.2) is 5.01 Å². The predicted octanol–water partition coefficient (Wildman–Crippen LogP) is 1.37. The normalized spacial score (nSPS) is 17.9. The summed E-state index contributed by atoms with van der Waals surface area (Å²) in [6.45, 7) is 1.55. The van der Waals surface area contributed by atoms with E-state index in [1.165, 1.54) is 0 Å². The van der Waals surface area contributed by atoms with Gasteiger partial charge in [-0.15, -0.1) is 0 Å². The molecule has 15 heavy (non-hydrogen) atoms. The third kappa shape index (κ3) is 1.48. The lowest BCUT2D eigenvalue weighted by atomic mass is 10.2. The largest absolute Gasteiger partial charge is 0.484 e. The predicted molar refractivity (Wildman–Crippen MR) is 56.4 cm³/mol. The number of nitrogens with two attached hydrogens (primary N) is 1. The SMILES string of the molecule is NN1CC(Oc2cccc3ccoc23)C1. The molecule has 3 rings (SSSR count). The van der Waals surface area contributed by atoms with Crippen LogP contribution in [0.2, 0.25) is 0 Å². The van der Waals surface area contributed by atoms with E-state index in [2.05, 4.69) is 0 Å². The van der Waals surface area contributed by atoms with Crippen molar-refractivity contribution in [3.8, 4) is 5.75 Å². The standard InChI is InChI=1S/C11H12N2O2/c12-13-6-9(7-13)15-10-3-1-2-8-4-5-14-11(8)10/h1-5,9H,6-7,12H2. The van der Waals surface area contributed by atoms with Gasteiger partial charge >= 0.3 is 0 Å². The second kappa shape index (κ2) is 3.25. The summed E-state index contributed by atoms with van der Waals surface area (Å²) in [5.41, 5.74) is 0.813. The van der Waals surface area contributed by atoms with Gasteiger partial charge in [0.1, 0.15) is 6.10 Å². The number of nitrogens with zero attached hydrogens (tertiary/aromatic N) is 1. The van der Waals surface area contributed by atoms with E-state index in [-0.39, 0.29) is 6.10 Å². The third-order valence-electron chi connectivity index (χ3n) is 2.61.